The molecule has 1 amide bonds. The molecule has 1 aromatic rings. The van der Waals surface area contributed by atoms with Crippen molar-refractivity contribution in [1.82, 2.24) is 5.32 Å². The van der Waals surface area contributed by atoms with E-state index in [9.17, 15) is 9.90 Å². The first-order chi connectivity index (χ1) is 12.6. The van der Waals surface area contributed by atoms with Crippen molar-refractivity contribution in [2.24, 2.45) is 23.7 Å². The molecule has 0 aromatic heterocycles. The molecule has 5 aliphatic rings. The zero-order valence-electron chi connectivity index (χ0n) is 15.3. The Morgan fingerprint density at radius 1 is 1.04 bits per heavy atom. The highest BCUT2D eigenvalue weighted by Crippen LogP contribution is 2.62. The highest BCUT2D eigenvalue weighted by atomic mass is 16.5. The van der Waals surface area contributed by atoms with Crippen molar-refractivity contribution in [3.63, 3.8) is 0 Å². The lowest BCUT2D eigenvalue weighted by Crippen LogP contribution is -2.57. The Morgan fingerprint density at radius 2 is 1.69 bits per heavy atom. The quantitative estimate of drug-likeness (QED) is 0.874. The van der Waals surface area contributed by atoms with Gasteiger partial charge in [0.25, 0.3) is 0 Å². The van der Waals surface area contributed by atoms with E-state index in [2.05, 4.69) is 17.4 Å². The number of rotatable bonds is 3. The molecule has 4 nitrogen and oxygen atoms in total. The molecule has 4 heteroatoms. The number of carbonyl (C=O) groups is 1. The van der Waals surface area contributed by atoms with Gasteiger partial charge in [0.05, 0.1) is 0 Å². The van der Waals surface area contributed by atoms with Crippen LogP contribution in [0.1, 0.15) is 50.5 Å². The van der Waals surface area contributed by atoms with Gasteiger partial charge in [-0.25, -0.2) is 0 Å². The number of nitrogens with one attached hydrogen (secondary N) is 1. The summed E-state index contributed by atoms with van der Waals surface area (Å²) in [6, 6.07) is 8.17. The minimum absolute atomic E-state index is 0.208. The second-order valence-corrected chi connectivity index (χ2v) is 9.22. The highest BCUT2D eigenvalue weighted by molar-refractivity contribution is 5.80. The molecule has 1 aliphatic heterocycles. The van der Waals surface area contributed by atoms with Crippen LogP contribution in [-0.4, -0.2) is 30.3 Å². The molecule has 140 valence electrons. The molecule has 4 aliphatic carbocycles. The topological polar surface area (TPSA) is 58.6 Å². The van der Waals surface area contributed by atoms with Crippen LogP contribution in [0.3, 0.4) is 0 Å². The summed E-state index contributed by atoms with van der Waals surface area (Å²) in [6.07, 6.45) is 7.89. The van der Waals surface area contributed by atoms with Crippen molar-refractivity contribution in [3.8, 4) is 5.75 Å². The SMILES string of the molecule is O=C(NC1CCOCC1)[C@H]1C2CC3CC1C[C@@](c1ccc(O)cc1)(C3)C2. The molecule has 4 bridgehead atoms. The average molecular weight is 355 g/mol. The zero-order chi connectivity index (χ0) is 17.7. The monoisotopic (exact) mass is 355 g/mol. The van der Waals surface area contributed by atoms with Gasteiger partial charge in [0.2, 0.25) is 5.91 Å². The first-order valence-electron chi connectivity index (χ1n) is 10.3. The second-order valence-electron chi connectivity index (χ2n) is 9.22. The maximum absolute atomic E-state index is 13.1. The Labute approximate surface area is 155 Å². The van der Waals surface area contributed by atoms with Crippen LogP contribution < -0.4 is 5.32 Å². The van der Waals surface area contributed by atoms with Crippen LogP contribution >= 0.6 is 0 Å². The van der Waals surface area contributed by atoms with Gasteiger partial charge >= 0.3 is 0 Å². The van der Waals surface area contributed by atoms with Crippen molar-refractivity contribution in [2.45, 2.75) is 56.4 Å². The lowest BCUT2D eigenvalue weighted by Gasteiger charge is -2.60. The molecule has 2 atom stereocenters. The standard InChI is InChI=1S/C22H29NO3/c24-19-3-1-17(2-4-19)22-11-14-9-15(12-22)20(16(10-14)13-22)21(25)23-18-5-7-26-8-6-18/h1-4,14-16,18,20,24H,5-13H2,(H,23,25)/t14?,15?,16?,20-,22+. The number of hydrogen-bond acceptors (Lipinski definition) is 3. The van der Waals surface area contributed by atoms with Gasteiger partial charge < -0.3 is 15.2 Å². The number of benzene rings is 1. The Hall–Kier alpha value is -1.55. The van der Waals surface area contributed by atoms with E-state index in [1.54, 1.807) is 0 Å². The Bertz CT molecular complexity index is 663. The first kappa shape index (κ1) is 16.6. The summed E-state index contributed by atoms with van der Waals surface area (Å²) in [5.41, 5.74) is 1.61. The first-order valence-corrected chi connectivity index (χ1v) is 10.3. The number of phenolic OH excluding ortho intramolecular Hbond substituents is 1. The van der Waals surface area contributed by atoms with E-state index in [-0.39, 0.29) is 11.3 Å². The summed E-state index contributed by atoms with van der Waals surface area (Å²) < 4.78 is 5.42. The third kappa shape index (κ3) is 2.74. The fraction of sp³-hybridized carbons (Fsp3) is 0.682. The van der Waals surface area contributed by atoms with Crippen molar-refractivity contribution >= 4 is 5.91 Å². The molecule has 5 fully saturated rings. The fourth-order valence-corrected chi connectivity index (χ4v) is 6.76. The highest BCUT2D eigenvalue weighted by Gasteiger charge is 2.57. The van der Waals surface area contributed by atoms with Crippen LogP contribution in [0.25, 0.3) is 0 Å². The number of phenols is 1. The minimum Gasteiger partial charge on any atom is -0.508 e. The third-order valence-electron chi connectivity index (χ3n) is 7.62. The minimum atomic E-state index is 0.208. The zero-order valence-corrected chi connectivity index (χ0v) is 15.3. The van der Waals surface area contributed by atoms with Gasteiger partial charge in [0.1, 0.15) is 5.75 Å². The normalized spacial score (nSPS) is 39.1. The van der Waals surface area contributed by atoms with E-state index in [0.29, 0.717) is 29.5 Å². The summed E-state index contributed by atoms with van der Waals surface area (Å²) in [5.74, 6) is 2.68. The van der Waals surface area contributed by atoms with Crippen molar-refractivity contribution < 1.29 is 14.6 Å². The number of ether oxygens (including phenoxy) is 1. The Kier molecular flexibility index (Phi) is 4.00. The van der Waals surface area contributed by atoms with E-state index in [4.69, 9.17) is 4.74 Å². The fourth-order valence-electron chi connectivity index (χ4n) is 6.76. The van der Waals surface area contributed by atoms with Crippen molar-refractivity contribution in [3.05, 3.63) is 29.8 Å². The van der Waals surface area contributed by atoms with E-state index >= 15 is 0 Å². The van der Waals surface area contributed by atoms with Gasteiger partial charge in [-0.1, -0.05) is 12.1 Å². The molecule has 0 radical (unpaired) electrons. The lowest BCUT2D eigenvalue weighted by atomic mass is 9.44. The molecular weight excluding hydrogens is 326 g/mol. The van der Waals surface area contributed by atoms with Crippen molar-refractivity contribution in [2.75, 3.05) is 13.2 Å². The van der Waals surface area contributed by atoms with Crippen LogP contribution in [0, 0.1) is 23.7 Å². The summed E-state index contributed by atoms with van der Waals surface area (Å²) in [4.78, 5) is 13.1. The third-order valence-corrected chi connectivity index (χ3v) is 7.62. The summed E-state index contributed by atoms with van der Waals surface area (Å²) in [5, 5.41) is 13.0. The number of amides is 1. The number of aromatic hydroxyl groups is 1. The largest absolute Gasteiger partial charge is 0.508 e. The Morgan fingerprint density at radius 3 is 2.35 bits per heavy atom. The number of hydrogen-bond donors (Lipinski definition) is 2. The Balaban J connectivity index is 1.35. The van der Waals surface area contributed by atoms with Gasteiger partial charge in [0, 0.05) is 25.2 Å². The molecule has 0 spiro atoms. The lowest BCUT2D eigenvalue weighted by molar-refractivity contribution is -0.141. The van der Waals surface area contributed by atoms with Gasteiger partial charge in [0.15, 0.2) is 0 Å². The van der Waals surface area contributed by atoms with E-state index < -0.39 is 0 Å². The van der Waals surface area contributed by atoms with Crippen LogP contribution in [0.5, 0.6) is 5.75 Å². The smallest absolute Gasteiger partial charge is 0.223 e. The summed E-state index contributed by atoms with van der Waals surface area (Å²) in [6.45, 7) is 1.54. The van der Waals surface area contributed by atoms with Crippen LogP contribution in [0.15, 0.2) is 24.3 Å². The van der Waals surface area contributed by atoms with Gasteiger partial charge in [-0.3, -0.25) is 4.79 Å². The molecule has 2 unspecified atom stereocenters. The number of carbonyl (C=O) groups excluding carboxylic acids is 1. The maximum atomic E-state index is 13.1. The molecule has 1 heterocycles. The summed E-state index contributed by atoms with van der Waals surface area (Å²) >= 11 is 0. The maximum Gasteiger partial charge on any atom is 0.223 e. The molecule has 1 aromatic carbocycles. The predicted octanol–water partition coefficient (Wildman–Crippen LogP) is 3.38. The molecule has 26 heavy (non-hydrogen) atoms. The van der Waals surface area contributed by atoms with Crippen LogP contribution in [0.2, 0.25) is 0 Å². The van der Waals surface area contributed by atoms with Crippen LogP contribution in [-0.2, 0) is 14.9 Å². The van der Waals surface area contributed by atoms with E-state index in [1.165, 1.54) is 24.8 Å². The van der Waals surface area contributed by atoms with Crippen molar-refractivity contribution in [1.29, 1.82) is 0 Å². The van der Waals surface area contributed by atoms with Gasteiger partial charge in [-0.05, 0) is 85.8 Å². The van der Waals surface area contributed by atoms with Gasteiger partial charge in [-0.2, -0.15) is 0 Å². The molecular formula is C22H29NO3. The second kappa shape index (κ2) is 6.26. The van der Waals surface area contributed by atoms with E-state index in [0.717, 1.165) is 44.8 Å². The molecule has 6 rings (SSSR count). The predicted molar refractivity (Wildman–Crippen MR) is 98.8 cm³/mol. The van der Waals surface area contributed by atoms with Gasteiger partial charge in [-0.15, -0.1) is 0 Å². The molecule has 1 saturated heterocycles. The van der Waals surface area contributed by atoms with Crippen LogP contribution in [0.4, 0.5) is 0 Å². The molecule has 2 N–H and O–H groups in total. The molecule has 4 saturated carbocycles. The van der Waals surface area contributed by atoms with E-state index in [1.807, 2.05) is 12.1 Å². The summed E-state index contributed by atoms with van der Waals surface area (Å²) in [7, 11) is 0. The average Bonchev–Trinajstić information content (AvgIpc) is 2.62.